The molecule has 0 unspecified atom stereocenters. The van der Waals surface area contributed by atoms with Gasteiger partial charge in [0.1, 0.15) is 5.54 Å². The summed E-state index contributed by atoms with van der Waals surface area (Å²) < 4.78 is 0. The average molecular weight is 346 g/mol. The van der Waals surface area contributed by atoms with Crippen LogP contribution in [0.4, 0.5) is 0 Å². The summed E-state index contributed by atoms with van der Waals surface area (Å²) in [7, 11) is 0. The van der Waals surface area contributed by atoms with Crippen molar-refractivity contribution in [2.45, 2.75) is 51.0 Å². The molecule has 0 aliphatic carbocycles. The first-order valence-electron chi connectivity index (χ1n) is 8.82. The van der Waals surface area contributed by atoms with Crippen molar-refractivity contribution in [2.75, 3.05) is 13.1 Å². The van der Waals surface area contributed by atoms with Gasteiger partial charge < -0.3 is 15.3 Å². The molecule has 2 amide bonds. The first kappa shape index (κ1) is 19.0. The highest BCUT2D eigenvalue weighted by Gasteiger charge is 2.45. The summed E-state index contributed by atoms with van der Waals surface area (Å²) in [6.45, 7) is 2.90. The molecular weight excluding hydrogens is 320 g/mol. The molecule has 136 valence electrons. The number of rotatable bonds is 8. The van der Waals surface area contributed by atoms with Gasteiger partial charge in [0, 0.05) is 25.1 Å². The van der Waals surface area contributed by atoms with Crippen molar-refractivity contribution in [1.82, 2.24) is 10.2 Å². The highest BCUT2D eigenvalue weighted by atomic mass is 16.4. The Morgan fingerprint density at radius 2 is 1.88 bits per heavy atom. The van der Waals surface area contributed by atoms with Crippen molar-refractivity contribution < 1.29 is 19.5 Å². The number of carboxylic acid groups (broad SMARTS) is 1. The molecular formula is C19H26N2O4. The first-order chi connectivity index (χ1) is 11.9. The Kier molecular flexibility index (Phi) is 6.56. The predicted molar refractivity (Wildman–Crippen MR) is 94.2 cm³/mol. The molecule has 0 radical (unpaired) electrons. The number of benzene rings is 1. The van der Waals surface area contributed by atoms with Crippen LogP contribution in [0.3, 0.4) is 0 Å². The van der Waals surface area contributed by atoms with Gasteiger partial charge in [-0.2, -0.15) is 0 Å². The van der Waals surface area contributed by atoms with Crippen LogP contribution in [0.2, 0.25) is 0 Å². The lowest BCUT2D eigenvalue weighted by atomic mass is 9.96. The van der Waals surface area contributed by atoms with Gasteiger partial charge in [0.05, 0.1) is 0 Å². The Labute approximate surface area is 148 Å². The van der Waals surface area contributed by atoms with Gasteiger partial charge in [-0.25, -0.2) is 0 Å². The Balaban J connectivity index is 1.88. The molecule has 1 aromatic rings. The predicted octanol–water partition coefficient (Wildman–Crippen LogP) is 2.44. The van der Waals surface area contributed by atoms with Crippen LogP contribution in [0.5, 0.6) is 0 Å². The molecule has 1 aromatic carbocycles. The molecule has 0 bridgehead atoms. The molecule has 1 aliphatic rings. The monoisotopic (exact) mass is 346 g/mol. The number of hydrogen-bond donors (Lipinski definition) is 2. The molecule has 0 spiro atoms. The fraction of sp³-hybridized carbons (Fsp3) is 0.526. The van der Waals surface area contributed by atoms with E-state index in [1.165, 1.54) is 0 Å². The smallest absolute Gasteiger partial charge is 0.303 e. The molecule has 1 fully saturated rings. The number of amides is 2. The second-order valence-corrected chi connectivity index (χ2v) is 6.66. The van der Waals surface area contributed by atoms with Crippen LogP contribution in [0.1, 0.15) is 55.8 Å². The molecule has 1 saturated heterocycles. The summed E-state index contributed by atoms with van der Waals surface area (Å²) in [6, 6.07) is 9.02. The Hall–Kier alpha value is -2.37. The third-order valence-electron chi connectivity index (χ3n) is 4.75. The fourth-order valence-corrected chi connectivity index (χ4v) is 3.23. The topological polar surface area (TPSA) is 86.7 Å². The lowest BCUT2D eigenvalue weighted by molar-refractivity contribution is -0.137. The van der Waals surface area contributed by atoms with Crippen LogP contribution in [0, 0.1) is 0 Å². The maximum atomic E-state index is 12.7. The van der Waals surface area contributed by atoms with Crippen LogP contribution in [0.25, 0.3) is 0 Å². The molecule has 25 heavy (non-hydrogen) atoms. The molecule has 1 atom stereocenters. The Morgan fingerprint density at radius 1 is 1.16 bits per heavy atom. The van der Waals surface area contributed by atoms with Gasteiger partial charge in [0.15, 0.2) is 0 Å². The number of unbranched alkanes of at least 4 members (excludes halogenated alkanes) is 2. The zero-order valence-corrected chi connectivity index (χ0v) is 14.7. The van der Waals surface area contributed by atoms with Gasteiger partial charge in [-0.3, -0.25) is 14.4 Å². The van der Waals surface area contributed by atoms with E-state index in [1.807, 2.05) is 25.1 Å². The number of carbonyl (C=O) groups is 3. The quantitative estimate of drug-likeness (QED) is 0.708. The molecule has 6 heteroatoms. The molecule has 0 saturated carbocycles. The SMILES string of the molecule is C[C@]1(C(=O)NCCCCCC(=O)O)CCCN1C(=O)c1ccccc1. The number of nitrogens with one attached hydrogen (secondary N) is 1. The number of carbonyl (C=O) groups excluding carboxylic acids is 2. The van der Waals surface area contributed by atoms with Crippen LogP contribution in [0.15, 0.2) is 30.3 Å². The molecule has 1 aliphatic heterocycles. The second-order valence-electron chi connectivity index (χ2n) is 6.66. The summed E-state index contributed by atoms with van der Waals surface area (Å²) in [5, 5.41) is 11.5. The lowest BCUT2D eigenvalue weighted by Crippen LogP contribution is -2.55. The van der Waals surface area contributed by atoms with Crippen molar-refractivity contribution in [3.63, 3.8) is 0 Å². The van der Waals surface area contributed by atoms with Gasteiger partial charge in [0.2, 0.25) is 5.91 Å². The number of nitrogens with zero attached hydrogens (tertiary/aromatic N) is 1. The minimum absolute atomic E-state index is 0.114. The van der Waals surface area contributed by atoms with Crippen LogP contribution in [-0.2, 0) is 9.59 Å². The second kappa shape index (κ2) is 8.65. The minimum atomic E-state index is -0.825. The molecule has 1 heterocycles. The largest absolute Gasteiger partial charge is 0.481 e. The molecule has 0 aromatic heterocycles. The van der Waals surface area contributed by atoms with Crippen molar-refractivity contribution >= 4 is 17.8 Å². The van der Waals surface area contributed by atoms with Crippen LogP contribution in [-0.4, -0.2) is 46.4 Å². The van der Waals surface area contributed by atoms with E-state index in [1.54, 1.807) is 17.0 Å². The van der Waals surface area contributed by atoms with E-state index in [4.69, 9.17) is 5.11 Å². The Bertz CT molecular complexity index is 617. The molecule has 6 nitrogen and oxygen atoms in total. The van der Waals surface area contributed by atoms with Crippen LogP contribution < -0.4 is 5.32 Å². The maximum absolute atomic E-state index is 12.7. The van der Waals surface area contributed by atoms with Crippen LogP contribution >= 0.6 is 0 Å². The normalized spacial score (nSPS) is 19.6. The summed E-state index contributed by atoms with van der Waals surface area (Å²) in [6.07, 6.45) is 3.72. The van der Waals surface area contributed by atoms with E-state index >= 15 is 0 Å². The number of carboxylic acids is 1. The van der Waals surface area contributed by atoms with Crippen molar-refractivity contribution in [3.8, 4) is 0 Å². The van der Waals surface area contributed by atoms with E-state index in [0.717, 1.165) is 19.3 Å². The van der Waals surface area contributed by atoms with Crippen molar-refractivity contribution in [1.29, 1.82) is 0 Å². The van der Waals surface area contributed by atoms with Gasteiger partial charge in [-0.15, -0.1) is 0 Å². The fourth-order valence-electron chi connectivity index (χ4n) is 3.23. The highest BCUT2D eigenvalue weighted by Crippen LogP contribution is 2.30. The molecule has 2 N–H and O–H groups in total. The van der Waals surface area contributed by atoms with E-state index in [9.17, 15) is 14.4 Å². The zero-order valence-electron chi connectivity index (χ0n) is 14.7. The number of hydrogen-bond acceptors (Lipinski definition) is 3. The highest BCUT2D eigenvalue weighted by molar-refractivity contribution is 5.99. The third-order valence-corrected chi connectivity index (χ3v) is 4.75. The standard InChI is InChI=1S/C19H26N2O4/c1-19(18(25)20-13-7-3-6-11-16(22)23)12-8-14-21(19)17(24)15-9-4-2-5-10-15/h2,4-5,9-10H,3,6-8,11-14H2,1H3,(H,20,25)(H,22,23)/t19-/m1/s1. The van der Waals surface area contributed by atoms with E-state index in [-0.39, 0.29) is 18.2 Å². The minimum Gasteiger partial charge on any atom is -0.481 e. The van der Waals surface area contributed by atoms with Gasteiger partial charge in [0.25, 0.3) is 5.91 Å². The summed E-state index contributed by atoms with van der Waals surface area (Å²) >= 11 is 0. The summed E-state index contributed by atoms with van der Waals surface area (Å²) in [5.74, 6) is -1.04. The Morgan fingerprint density at radius 3 is 2.56 bits per heavy atom. The van der Waals surface area contributed by atoms with E-state index < -0.39 is 11.5 Å². The number of likely N-dealkylation sites (tertiary alicyclic amines) is 1. The summed E-state index contributed by atoms with van der Waals surface area (Å²) in [5.41, 5.74) is -0.231. The van der Waals surface area contributed by atoms with Gasteiger partial charge in [-0.05, 0) is 44.7 Å². The van der Waals surface area contributed by atoms with Gasteiger partial charge in [-0.1, -0.05) is 24.6 Å². The maximum Gasteiger partial charge on any atom is 0.303 e. The van der Waals surface area contributed by atoms with Crippen molar-refractivity contribution in [3.05, 3.63) is 35.9 Å². The van der Waals surface area contributed by atoms with Gasteiger partial charge >= 0.3 is 5.97 Å². The summed E-state index contributed by atoms with van der Waals surface area (Å²) in [4.78, 5) is 37.5. The third kappa shape index (κ3) is 4.81. The van der Waals surface area contributed by atoms with E-state index in [0.29, 0.717) is 31.5 Å². The molecule has 2 rings (SSSR count). The van der Waals surface area contributed by atoms with Crippen molar-refractivity contribution in [2.24, 2.45) is 0 Å². The average Bonchev–Trinajstić information content (AvgIpc) is 3.00. The van der Waals surface area contributed by atoms with E-state index in [2.05, 4.69) is 5.32 Å². The zero-order chi connectivity index (χ0) is 18.3. The first-order valence-corrected chi connectivity index (χ1v) is 8.82. The lowest BCUT2D eigenvalue weighted by Gasteiger charge is -2.34. The number of aliphatic carboxylic acids is 1.